The van der Waals surface area contributed by atoms with Gasteiger partial charge in [-0.2, -0.15) is 13.2 Å². The van der Waals surface area contributed by atoms with E-state index in [1.54, 1.807) is 7.05 Å². The lowest BCUT2D eigenvalue weighted by Gasteiger charge is -2.30. The van der Waals surface area contributed by atoms with Crippen LogP contribution in [0, 0.1) is 0 Å². The number of amides is 1. The second kappa shape index (κ2) is 6.11. The molecule has 1 saturated heterocycles. The highest BCUT2D eigenvalue weighted by Gasteiger charge is 2.39. The van der Waals surface area contributed by atoms with Gasteiger partial charge in [0.25, 0.3) is 0 Å². The quantitative estimate of drug-likeness (QED) is 0.849. The molecule has 2 rings (SSSR count). The summed E-state index contributed by atoms with van der Waals surface area (Å²) >= 11 is 0. The van der Waals surface area contributed by atoms with Gasteiger partial charge in [0.05, 0.1) is 12.6 Å². The van der Waals surface area contributed by atoms with E-state index in [9.17, 15) is 22.8 Å². The fourth-order valence-electron chi connectivity index (χ4n) is 2.55. The number of nitrogens with one attached hydrogen (secondary N) is 1. The van der Waals surface area contributed by atoms with Crippen molar-refractivity contribution >= 4 is 5.91 Å². The zero-order valence-corrected chi connectivity index (χ0v) is 12.4. The molecule has 0 radical (unpaired) electrons. The fourth-order valence-corrected chi connectivity index (χ4v) is 2.55. The molecule has 1 aromatic rings. The molecule has 1 fully saturated rings. The predicted molar refractivity (Wildman–Crippen MR) is 71.2 cm³/mol. The molecular formula is C12H18F3N5O2. The van der Waals surface area contributed by atoms with Crippen LogP contribution in [0.1, 0.15) is 24.7 Å². The number of likely N-dealkylation sites (N-methyl/N-ethyl adjacent to an activating group) is 1. The zero-order chi connectivity index (χ0) is 16.5. The number of alkyl halides is 3. The number of halogens is 3. The van der Waals surface area contributed by atoms with Gasteiger partial charge in [-0.25, -0.2) is 9.48 Å². The summed E-state index contributed by atoms with van der Waals surface area (Å²) in [5.74, 6) is -1.31. The minimum atomic E-state index is -4.65. The summed E-state index contributed by atoms with van der Waals surface area (Å²) in [7, 11) is 2.61. The maximum absolute atomic E-state index is 12.8. The van der Waals surface area contributed by atoms with Gasteiger partial charge in [0.15, 0.2) is 0 Å². The van der Waals surface area contributed by atoms with E-state index in [0.29, 0.717) is 30.5 Å². The van der Waals surface area contributed by atoms with Crippen molar-refractivity contribution in [2.45, 2.75) is 25.1 Å². The zero-order valence-electron chi connectivity index (χ0n) is 12.4. The Balaban J connectivity index is 2.09. The number of carbonyl (C=O) groups is 1. The van der Waals surface area contributed by atoms with Crippen molar-refractivity contribution < 1.29 is 18.0 Å². The molecule has 1 aliphatic rings. The highest BCUT2D eigenvalue weighted by Crippen LogP contribution is 2.27. The van der Waals surface area contributed by atoms with Crippen LogP contribution >= 0.6 is 0 Å². The molecule has 0 aliphatic carbocycles. The normalized spacial score (nSPS) is 17.7. The molecule has 1 aliphatic heterocycles. The number of likely N-dealkylation sites (tertiary alicyclic amines) is 1. The Labute approximate surface area is 124 Å². The summed E-state index contributed by atoms with van der Waals surface area (Å²) in [5, 5.41) is 5.97. The number of hydrogen-bond donors (Lipinski definition) is 1. The van der Waals surface area contributed by atoms with Gasteiger partial charge < -0.3 is 5.32 Å². The van der Waals surface area contributed by atoms with Crippen LogP contribution in [0.5, 0.6) is 0 Å². The maximum Gasteiger partial charge on any atom is 0.451 e. The SMILES string of the molecule is CNC(=O)CN1CCC(n2nc(C(F)(F)F)n(C)c2=O)CC1. The van der Waals surface area contributed by atoms with Crippen LogP contribution < -0.4 is 11.0 Å². The average molecular weight is 321 g/mol. The Hall–Kier alpha value is -1.84. The van der Waals surface area contributed by atoms with E-state index in [2.05, 4.69) is 10.4 Å². The molecular weight excluding hydrogens is 303 g/mol. The van der Waals surface area contributed by atoms with Gasteiger partial charge in [-0.05, 0) is 12.8 Å². The Kier molecular flexibility index (Phi) is 4.59. The molecule has 0 atom stereocenters. The van der Waals surface area contributed by atoms with Gasteiger partial charge in [-0.1, -0.05) is 0 Å². The van der Waals surface area contributed by atoms with Gasteiger partial charge in [0, 0.05) is 27.2 Å². The molecule has 0 saturated carbocycles. The molecule has 124 valence electrons. The Bertz CT molecular complexity index is 599. The van der Waals surface area contributed by atoms with E-state index < -0.39 is 17.7 Å². The standard InChI is InChI=1S/C12H18F3N5O2/c1-16-9(21)7-19-5-3-8(4-6-19)20-11(22)18(2)10(17-20)12(13,14)15/h8H,3-7H2,1-2H3,(H,16,21). The van der Waals surface area contributed by atoms with Crippen LogP contribution in [-0.2, 0) is 18.0 Å². The van der Waals surface area contributed by atoms with Crippen molar-refractivity contribution in [2.24, 2.45) is 7.05 Å². The Morgan fingerprint density at radius 2 is 1.95 bits per heavy atom. The van der Waals surface area contributed by atoms with Crippen molar-refractivity contribution in [2.75, 3.05) is 26.7 Å². The third kappa shape index (κ3) is 3.32. The van der Waals surface area contributed by atoms with E-state index in [0.717, 1.165) is 11.7 Å². The highest BCUT2D eigenvalue weighted by atomic mass is 19.4. The minimum absolute atomic E-state index is 0.118. The lowest BCUT2D eigenvalue weighted by molar-refractivity contribution is -0.147. The molecule has 0 unspecified atom stereocenters. The van der Waals surface area contributed by atoms with Crippen LogP contribution in [0.4, 0.5) is 13.2 Å². The first-order valence-corrected chi connectivity index (χ1v) is 6.89. The van der Waals surface area contributed by atoms with Crippen molar-refractivity contribution in [1.82, 2.24) is 24.6 Å². The smallest absolute Gasteiger partial charge is 0.358 e. The molecule has 0 bridgehead atoms. The minimum Gasteiger partial charge on any atom is -0.358 e. The molecule has 1 aromatic heterocycles. The molecule has 0 aromatic carbocycles. The van der Waals surface area contributed by atoms with Crippen molar-refractivity contribution in [3.8, 4) is 0 Å². The number of carbonyl (C=O) groups excluding carboxylic acids is 1. The topological polar surface area (TPSA) is 72.2 Å². The van der Waals surface area contributed by atoms with E-state index in [-0.39, 0.29) is 18.5 Å². The van der Waals surface area contributed by atoms with Gasteiger partial charge in [0.2, 0.25) is 11.7 Å². The average Bonchev–Trinajstić information content (AvgIpc) is 2.76. The van der Waals surface area contributed by atoms with Gasteiger partial charge in [-0.3, -0.25) is 14.3 Å². The lowest BCUT2D eigenvalue weighted by Crippen LogP contribution is -2.42. The summed E-state index contributed by atoms with van der Waals surface area (Å²) in [6.45, 7) is 1.30. The Morgan fingerprint density at radius 1 is 1.36 bits per heavy atom. The summed E-state index contributed by atoms with van der Waals surface area (Å²) in [6.07, 6.45) is -3.70. The fraction of sp³-hybridized carbons (Fsp3) is 0.750. The summed E-state index contributed by atoms with van der Waals surface area (Å²) in [6, 6.07) is -0.379. The van der Waals surface area contributed by atoms with Crippen molar-refractivity contribution in [3.05, 3.63) is 16.3 Å². The predicted octanol–water partition coefficient (Wildman–Crippen LogP) is -0.0165. The number of nitrogens with zero attached hydrogens (tertiary/aromatic N) is 4. The molecule has 2 heterocycles. The van der Waals surface area contributed by atoms with E-state index in [4.69, 9.17) is 0 Å². The molecule has 7 nitrogen and oxygen atoms in total. The number of rotatable bonds is 3. The van der Waals surface area contributed by atoms with E-state index >= 15 is 0 Å². The summed E-state index contributed by atoms with van der Waals surface area (Å²) in [5.41, 5.74) is -0.767. The van der Waals surface area contributed by atoms with Crippen molar-refractivity contribution in [3.63, 3.8) is 0 Å². The summed E-state index contributed by atoms with van der Waals surface area (Å²) in [4.78, 5) is 25.1. The molecule has 22 heavy (non-hydrogen) atoms. The summed E-state index contributed by atoms with van der Waals surface area (Å²) < 4.78 is 39.7. The largest absolute Gasteiger partial charge is 0.451 e. The van der Waals surface area contributed by atoms with E-state index in [1.165, 1.54) is 0 Å². The van der Waals surface area contributed by atoms with Crippen LogP contribution in [-0.4, -0.2) is 51.8 Å². The van der Waals surface area contributed by atoms with Crippen LogP contribution in [0.3, 0.4) is 0 Å². The third-order valence-electron chi connectivity index (χ3n) is 3.81. The second-order valence-electron chi connectivity index (χ2n) is 5.29. The molecule has 10 heteroatoms. The third-order valence-corrected chi connectivity index (χ3v) is 3.81. The Morgan fingerprint density at radius 3 is 2.41 bits per heavy atom. The van der Waals surface area contributed by atoms with Gasteiger partial charge in [0.1, 0.15) is 0 Å². The maximum atomic E-state index is 12.8. The number of aromatic nitrogens is 3. The van der Waals surface area contributed by atoms with Crippen LogP contribution in [0.15, 0.2) is 4.79 Å². The highest BCUT2D eigenvalue weighted by molar-refractivity contribution is 5.77. The number of piperidine rings is 1. The molecule has 1 amide bonds. The number of hydrogen-bond acceptors (Lipinski definition) is 4. The first kappa shape index (κ1) is 16.5. The van der Waals surface area contributed by atoms with Gasteiger partial charge >= 0.3 is 11.9 Å². The second-order valence-corrected chi connectivity index (χ2v) is 5.29. The van der Waals surface area contributed by atoms with Crippen LogP contribution in [0.25, 0.3) is 0 Å². The van der Waals surface area contributed by atoms with E-state index in [1.807, 2.05) is 4.90 Å². The molecule has 1 N–H and O–H groups in total. The first-order chi connectivity index (χ1) is 10.2. The monoisotopic (exact) mass is 321 g/mol. The first-order valence-electron chi connectivity index (χ1n) is 6.89. The molecule has 0 spiro atoms. The van der Waals surface area contributed by atoms with Crippen molar-refractivity contribution in [1.29, 1.82) is 0 Å². The van der Waals surface area contributed by atoms with Gasteiger partial charge in [-0.15, -0.1) is 5.10 Å². The van der Waals surface area contributed by atoms with Crippen LogP contribution in [0.2, 0.25) is 0 Å². The lowest BCUT2D eigenvalue weighted by atomic mass is 10.1.